The fourth-order valence-corrected chi connectivity index (χ4v) is 18.1. The molecule has 6 rings (SSSR count). The highest BCUT2D eigenvalue weighted by Crippen LogP contribution is 2.29. The maximum Gasteiger partial charge on any atom is 0.305 e. The maximum absolute atomic E-state index is 15.9. The average Bonchev–Trinajstić information content (AvgIpc) is 1.64. The number of fused-ring (bicyclic) bond motifs is 2. The van der Waals surface area contributed by atoms with Crippen molar-refractivity contribution < 1.29 is 96.8 Å². The van der Waals surface area contributed by atoms with Gasteiger partial charge in [0.25, 0.3) is 0 Å². The molecule has 140 heavy (non-hydrogen) atoms. The number of aromatic hydroxyl groups is 1. The lowest BCUT2D eigenvalue weighted by Gasteiger charge is -2.31. The molecule has 0 saturated carbocycles. The first-order chi connectivity index (χ1) is 66.4. The van der Waals surface area contributed by atoms with E-state index in [0.717, 1.165) is 49.4 Å². The summed E-state index contributed by atoms with van der Waals surface area (Å²) in [5, 5.41) is 107. The van der Waals surface area contributed by atoms with Crippen molar-refractivity contribution in [2.45, 2.75) is 248 Å². The minimum Gasteiger partial charge on any atom is -0.508 e. The van der Waals surface area contributed by atoms with Gasteiger partial charge in [0.05, 0.1) is 13.0 Å². The molecule has 3 aliphatic heterocycles. The summed E-state index contributed by atoms with van der Waals surface area (Å²) in [5.41, 5.74) is 30.3. The van der Waals surface area contributed by atoms with Crippen molar-refractivity contribution >= 4 is 146 Å². The Labute approximate surface area is 819 Å². The first-order valence-corrected chi connectivity index (χ1v) is 49.0. The van der Waals surface area contributed by atoms with Gasteiger partial charge in [-0.2, -0.15) is 0 Å². The Hall–Kier alpha value is -13.8. The van der Waals surface area contributed by atoms with Gasteiger partial charge in [0.15, 0.2) is 23.8 Å². The molecule has 0 unspecified atom stereocenters. The van der Waals surface area contributed by atoms with E-state index in [1.54, 1.807) is 52.0 Å². The van der Waals surface area contributed by atoms with Gasteiger partial charge >= 0.3 is 5.97 Å². The topological polar surface area (TPSA) is 787 Å². The number of amides is 16. The van der Waals surface area contributed by atoms with Crippen molar-refractivity contribution in [3.63, 3.8) is 0 Å². The second-order valence-corrected chi connectivity index (χ2v) is 37.8. The molecule has 0 bridgehead atoms. The molecule has 34 N–H and O–H groups in total. The number of nitrogens with zero attached hydrogens (tertiary/aromatic N) is 2. The number of nitrogens with one attached hydrogen (secondary N) is 21. The van der Waals surface area contributed by atoms with E-state index in [2.05, 4.69) is 90.4 Å². The third-order valence-corrected chi connectivity index (χ3v) is 25.8. The number of hydrogen-bond donors (Lipinski definition) is 29. The first kappa shape index (κ1) is 115. The van der Waals surface area contributed by atoms with Gasteiger partial charge in [-0.1, -0.05) is 136 Å². The third-order valence-electron chi connectivity index (χ3n) is 23.4. The lowest BCUT2D eigenvalue weighted by Crippen LogP contribution is -2.62. The molecule has 3 aromatic rings. The fourth-order valence-electron chi connectivity index (χ4n) is 15.7. The van der Waals surface area contributed by atoms with Crippen molar-refractivity contribution in [3.05, 3.63) is 90.0 Å². The number of carbonyl (C=O) groups excluding carboxylic acids is 16. The normalized spacial score (nSPS) is 21.9. The molecule has 770 valence electrons. The van der Waals surface area contributed by atoms with Crippen molar-refractivity contribution in [1.82, 2.24) is 100 Å². The third kappa shape index (κ3) is 38.5. The fraction of sp³-hybridized carbons (Fsp3) is 0.567. The second-order valence-electron chi connectivity index (χ2n) is 35.3. The Morgan fingerprint density at radius 1 is 0.471 bits per heavy atom. The van der Waals surface area contributed by atoms with Crippen LogP contribution in [0.15, 0.2) is 78.9 Å². The molecular formula is C90H138N28O20S2. The number of carbonyl (C=O) groups is 17. The van der Waals surface area contributed by atoms with Gasteiger partial charge in [0.1, 0.15) is 96.4 Å². The number of aliphatic carboxylic acids is 1. The van der Waals surface area contributed by atoms with Gasteiger partial charge in [-0.3, -0.25) is 103 Å². The number of hydrogen-bond acceptors (Lipinski definition) is 25. The zero-order valence-electron chi connectivity index (χ0n) is 79.7. The molecule has 48 nitrogen and oxygen atoms in total. The molecule has 3 aromatic carbocycles. The summed E-state index contributed by atoms with van der Waals surface area (Å²) in [4.78, 5) is 252. The highest BCUT2D eigenvalue weighted by molar-refractivity contribution is 8.76. The summed E-state index contributed by atoms with van der Waals surface area (Å²) in [6, 6.07) is -2.78. The highest BCUT2D eigenvalue weighted by Gasteiger charge is 2.45. The molecule has 0 radical (unpaired) electrons. The Balaban J connectivity index is 1.55. The molecule has 0 spiro atoms. The Kier molecular flexibility index (Phi) is 47.7. The van der Waals surface area contributed by atoms with E-state index < -0.39 is 246 Å². The quantitative estimate of drug-likeness (QED) is 0.0110. The number of carboxylic acid groups (broad SMARTS) is 1. The van der Waals surface area contributed by atoms with Crippen LogP contribution in [0.4, 0.5) is 0 Å². The molecule has 16 amide bonds. The second kappa shape index (κ2) is 58.2. The van der Waals surface area contributed by atoms with E-state index >= 15 is 43.2 Å². The van der Waals surface area contributed by atoms with Crippen molar-refractivity contribution in [1.29, 1.82) is 21.6 Å². The van der Waals surface area contributed by atoms with Gasteiger partial charge in [0, 0.05) is 70.5 Å². The number of aliphatic hydroxyl groups excluding tert-OH is 1. The van der Waals surface area contributed by atoms with Gasteiger partial charge in [-0.05, 0) is 136 Å². The van der Waals surface area contributed by atoms with E-state index in [-0.39, 0.29) is 165 Å². The van der Waals surface area contributed by atoms with Crippen LogP contribution in [0.25, 0.3) is 11.1 Å². The number of guanidine groups is 4. The Morgan fingerprint density at radius 2 is 0.886 bits per heavy atom. The molecule has 50 heteroatoms. The molecule has 0 aliphatic carbocycles. The van der Waals surface area contributed by atoms with Crippen LogP contribution in [0.3, 0.4) is 0 Å². The Morgan fingerprint density at radius 3 is 1.36 bits per heavy atom. The standard InChI is InChI=1S/C90H138N28O20S2/c1-8-49(6)71-84(136)112-64(44-119)79(131)109-61(42-52-28-32-55(121)33-29-52)77(129)111-63(43-69(122)123)85(137)117-38-17-25-68(117)82(134)115-70(48(4)5)83(135)113-65(80(132)107-58(22-14-36-102-89(96)97)74(126)105-56(72(91)124)20-12-34-100-87(92)93)45-139-140-46-66(114-75(127)59(23-15-37-103-90(98)99)106-73(125)57(104-50(7)120)21-13-35-101-88(94)95)86(138)118-39-16-24-67(118)81(133)110-60(40-47(2)3)76(128)108-62(78(130)116-71)41-51-26-30-54(31-27-51)53-18-10-9-11-19-53/h9-11,18-19,26-33,47-49,56-68,70-71,119,121H,8,12-17,20-25,34-46H2,1-7H3,(H2,91,124)(H,104,120)(H,105,126)(H,106,125)(H,107,132)(H,108,128)(H,109,131)(H,110,133)(H,111,129)(H,112,136)(H,113,135)(H,114,127)(H,115,134)(H,116,130)(H,122,123)(H4,92,93,100)(H4,94,95,101)(H4,96,97,102)(H4,98,99,103)/t49-,56-,57-,58-,59-,60-,61-,62-,63-,64-,65-,66-,67-,68-,70-,71-/m0/s1. The lowest BCUT2D eigenvalue weighted by atomic mass is 9.96. The van der Waals surface area contributed by atoms with Crippen LogP contribution < -0.4 is 119 Å². The SMILES string of the molecule is CC[C@H](C)[C@@H]1NC(=O)[C@H](Cc2ccc(-c3ccccc3)cc2)NC(=O)[C@H](CC(C)C)NC(=O)[C@@H]2CCCN2C(=O)[C@@H](NC(=O)[C@H](CCCNC(=N)N)NC(=O)[C@H](CCCNC(=N)N)NC(C)=O)CSSC[C@@H](C(=O)N[C@@H](CCCNC(=N)N)C(=O)N[C@@H](CCCNC(=N)N)C(N)=O)NC(=O)[C@H](C(C)C)NC(=O)[C@@H]2CCCN2C(=O)[C@H](CC(=O)O)NC(=O)[C@H](Cc2ccc(O)cc2)NC(=O)[C@H](CO)NC1=O. The number of phenols is 1. The zero-order valence-corrected chi connectivity index (χ0v) is 81.3. The number of phenolic OH excluding ortho intramolecular Hbond substituents is 1. The van der Waals surface area contributed by atoms with Gasteiger partial charge in [-0.25, -0.2) is 0 Å². The molecule has 3 heterocycles. The van der Waals surface area contributed by atoms with Crippen LogP contribution in [-0.4, -0.2) is 297 Å². The van der Waals surface area contributed by atoms with Crippen LogP contribution in [0.1, 0.15) is 156 Å². The monoisotopic (exact) mass is 2000 g/mol. The molecular weight excluding hydrogens is 1860 g/mol. The van der Waals surface area contributed by atoms with E-state index in [4.69, 9.17) is 50.3 Å². The molecule has 3 aliphatic rings. The lowest BCUT2D eigenvalue weighted by molar-refractivity contribution is -0.146. The zero-order chi connectivity index (χ0) is 104. The number of rotatable bonds is 39. The summed E-state index contributed by atoms with van der Waals surface area (Å²) in [7, 11) is 1.61. The summed E-state index contributed by atoms with van der Waals surface area (Å²) in [5.74, 6) is -22.6. The van der Waals surface area contributed by atoms with E-state index in [1.165, 1.54) is 38.1 Å². The van der Waals surface area contributed by atoms with Crippen molar-refractivity contribution in [2.75, 3.05) is 57.4 Å². The minimum absolute atomic E-state index is 0.00158. The van der Waals surface area contributed by atoms with Crippen molar-refractivity contribution in [2.24, 2.45) is 46.4 Å². The van der Waals surface area contributed by atoms with Gasteiger partial charge < -0.3 is 144 Å². The summed E-state index contributed by atoms with van der Waals surface area (Å²) < 4.78 is 0. The van der Waals surface area contributed by atoms with E-state index in [0.29, 0.717) is 5.56 Å². The Bertz CT molecular complexity index is 4810. The molecule has 3 fully saturated rings. The van der Waals surface area contributed by atoms with Gasteiger partial charge in [-0.15, -0.1) is 0 Å². The number of benzene rings is 3. The molecule has 3 saturated heterocycles. The maximum atomic E-state index is 15.9. The van der Waals surface area contributed by atoms with Crippen LogP contribution in [0.2, 0.25) is 0 Å². The molecule has 16 atom stereocenters. The van der Waals surface area contributed by atoms with Crippen LogP contribution in [0.5, 0.6) is 5.75 Å². The number of primary amides is 1. The van der Waals surface area contributed by atoms with E-state index in [1.807, 2.05) is 30.3 Å². The van der Waals surface area contributed by atoms with Crippen LogP contribution >= 0.6 is 21.6 Å². The predicted molar refractivity (Wildman–Crippen MR) is 521 cm³/mol. The smallest absolute Gasteiger partial charge is 0.305 e. The molecule has 0 aromatic heterocycles. The largest absolute Gasteiger partial charge is 0.508 e. The van der Waals surface area contributed by atoms with Crippen LogP contribution in [0, 0.1) is 39.4 Å². The van der Waals surface area contributed by atoms with Crippen molar-refractivity contribution in [3.8, 4) is 16.9 Å². The number of aliphatic hydroxyl groups is 1. The predicted octanol–water partition coefficient (Wildman–Crippen LogP) is -4.70. The summed E-state index contributed by atoms with van der Waals surface area (Å²) >= 11 is 0. The van der Waals surface area contributed by atoms with E-state index in [9.17, 15) is 53.7 Å². The number of carboxylic acids is 1. The first-order valence-electron chi connectivity index (χ1n) is 46.5. The summed E-state index contributed by atoms with van der Waals surface area (Å²) in [6.45, 7) is 9.47. The summed E-state index contributed by atoms with van der Waals surface area (Å²) in [6.07, 6.45) is -2.04. The minimum atomic E-state index is -2.02. The average molecular weight is 2000 g/mol. The van der Waals surface area contributed by atoms with Gasteiger partial charge in [0.2, 0.25) is 94.5 Å². The number of nitrogens with two attached hydrogens (primary N) is 5. The van der Waals surface area contributed by atoms with Crippen LogP contribution in [-0.2, 0) is 94.3 Å². The highest BCUT2D eigenvalue weighted by atomic mass is 33.1.